The lowest BCUT2D eigenvalue weighted by molar-refractivity contribution is -0.123. The molecule has 3 nitrogen and oxygen atoms in total. The van der Waals surface area contributed by atoms with Crippen molar-refractivity contribution in [2.45, 2.75) is 39.7 Å². The predicted molar refractivity (Wildman–Crippen MR) is 71.7 cm³/mol. The van der Waals surface area contributed by atoms with Gasteiger partial charge < -0.3 is 5.32 Å². The fourth-order valence-electron chi connectivity index (χ4n) is 1.92. The minimum Gasteiger partial charge on any atom is -0.351 e. The number of nitrogens with one attached hydrogen (secondary N) is 1. The topological polar surface area (TPSA) is 52.9 Å². The van der Waals surface area contributed by atoms with Crippen LogP contribution in [-0.4, -0.2) is 5.91 Å². The van der Waals surface area contributed by atoms with E-state index in [1.807, 2.05) is 25.1 Å². The number of benzene rings is 1. The van der Waals surface area contributed by atoms with Gasteiger partial charge in [-0.2, -0.15) is 5.26 Å². The summed E-state index contributed by atoms with van der Waals surface area (Å²) >= 11 is 0. The Hall–Kier alpha value is -1.82. The molecule has 0 aromatic heterocycles. The predicted octanol–water partition coefficient (Wildman–Crippen LogP) is 2.81. The van der Waals surface area contributed by atoms with Crippen LogP contribution in [0.25, 0.3) is 0 Å². The molecule has 0 heterocycles. The lowest BCUT2D eigenvalue weighted by Gasteiger charge is -2.11. The number of aryl methyl sites for hydroxylation is 1. The normalized spacial score (nSPS) is 11.6. The van der Waals surface area contributed by atoms with E-state index in [0.717, 1.165) is 18.4 Å². The van der Waals surface area contributed by atoms with Crippen molar-refractivity contribution in [2.75, 3.05) is 0 Å². The molecule has 18 heavy (non-hydrogen) atoms. The highest BCUT2D eigenvalue weighted by atomic mass is 16.1. The molecule has 1 aromatic rings. The SMILES string of the molecule is CCCC(C#N)C(=O)NCc1ccccc1CC. The number of nitrogens with zero attached hydrogens (tertiary/aromatic N) is 1. The molecule has 0 bridgehead atoms. The van der Waals surface area contributed by atoms with Crippen LogP contribution in [0.5, 0.6) is 0 Å². The molecule has 3 heteroatoms. The molecular formula is C15H20N2O. The Balaban J connectivity index is 2.59. The highest BCUT2D eigenvalue weighted by molar-refractivity contribution is 5.80. The zero-order valence-electron chi connectivity index (χ0n) is 11.1. The Bertz CT molecular complexity index is 434. The van der Waals surface area contributed by atoms with E-state index in [9.17, 15) is 4.79 Å². The molecule has 0 radical (unpaired) electrons. The van der Waals surface area contributed by atoms with E-state index in [1.54, 1.807) is 0 Å². The molecule has 0 saturated heterocycles. The summed E-state index contributed by atoms with van der Waals surface area (Å²) in [7, 11) is 0. The van der Waals surface area contributed by atoms with Crippen molar-refractivity contribution in [2.24, 2.45) is 5.92 Å². The summed E-state index contributed by atoms with van der Waals surface area (Å²) in [6, 6.07) is 10.1. The molecule has 1 atom stereocenters. The first-order valence-corrected chi connectivity index (χ1v) is 6.47. The molecule has 1 amide bonds. The third kappa shape index (κ3) is 3.89. The number of rotatable bonds is 6. The van der Waals surface area contributed by atoms with Crippen LogP contribution >= 0.6 is 0 Å². The highest BCUT2D eigenvalue weighted by Gasteiger charge is 2.16. The van der Waals surface area contributed by atoms with E-state index in [1.165, 1.54) is 5.56 Å². The summed E-state index contributed by atoms with van der Waals surface area (Å²) in [5, 5.41) is 11.8. The van der Waals surface area contributed by atoms with Gasteiger partial charge in [0, 0.05) is 6.54 Å². The van der Waals surface area contributed by atoms with E-state index in [2.05, 4.69) is 24.4 Å². The average Bonchev–Trinajstić information content (AvgIpc) is 2.42. The second-order valence-corrected chi connectivity index (χ2v) is 4.31. The monoisotopic (exact) mass is 244 g/mol. The van der Waals surface area contributed by atoms with Crippen LogP contribution in [-0.2, 0) is 17.8 Å². The molecule has 0 aliphatic heterocycles. The van der Waals surface area contributed by atoms with Gasteiger partial charge in [-0.05, 0) is 24.0 Å². The van der Waals surface area contributed by atoms with Crippen molar-refractivity contribution in [3.05, 3.63) is 35.4 Å². The van der Waals surface area contributed by atoms with Crippen LogP contribution < -0.4 is 5.32 Å². The highest BCUT2D eigenvalue weighted by Crippen LogP contribution is 2.10. The maximum absolute atomic E-state index is 11.8. The van der Waals surface area contributed by atoms with Crippen molar-refractivity contribution >= 4 is 5.91 Å². The second-order valence-electron chi connectivity index (χ2n) is 4.31. The van der Waals surface area contributed by atoms with Crippen molar-refractivity contribution < 1.29 is 4.79 Å². The Kier molecular flexibility index (Phi) is 5.93. The van der Waals surface area contributed by atoms with Gasteiger partial charge >= 0.3 is 0 Å². The van der Waals surface area contributed by atoms with Crippen molar-refractivity contribution in [3.8, 4) is 6.07 Å². The fourth-order valence-corrected chi connectivity index (χ4v) is 1.92. The fraction of sp³-hybridized carbons (Fsp3) is 0.467. The van der Waals surface area contributed by atoms with Crippen LogP contribution in [0.1, 0.15) is 37.8 Å². The summed E-state index contributed by atoms with van der Waals surface area (Å²) in [4.78, 5) is 11.8. The molecule has 1 unspecified atom stereocenters. The number of nitriles is 1. The van der Waals surface area contributed by atoms with Gasteiger partial charge in [0.15, 0.2) is 0 Å². The summed E-state index contributed by atoms with van der Waals surface area (Å²) in [6.07, 6.45) is 2.41. The van der Waals surface area contributed by atoms with Gasteiger partial charge in [-0.25, -0.2) is 0 Å². The minimum absolute atomic E-state index is 0.162. The summed E-state index contributed by atoms with van der Waals surface area (Å²) in [6.45, 7) is 4.57. The van der Waals surface area contributed by atoms with Gasteiger partial charge in [-0.15, -0.1) is 0 Å². The van der Waals surface area contributed by atoms with Gasteiger partial charge in [-0.1, -0.05) is 44.5 Å². The second kappa shape index (κ2) is 7.50. The van der Waals surface area contributed by atoms with Crippen LogP contribution in [0, 0.1) is 17.2 Å². The lowest BCUT2D eigenvalue weighted by Crippen LogP contribution is -2.29. The maximum atomic E-state index is 11.8. The number of carbonyl (C=O) groups excluding carboxylic acids is 1. The van der Waals surface area contributed by atoms with Crippen LogP contribution in [0.15, 0.2) is 24.3 Å². The largest absolute Gasteiger partial charge is 0.351 e. The van der Waals surface area contributed by atoms with E-state index in [0.29, 0.717) is 13.0 Å². The van der Waals surface area contributed by atoms with Crippen molar-refractivity contribution in [3.63, 3.8) is 0 Å². The first-order valence-electron chi connectivity index (χ1n) is 6.47. The number of hydrogen-bond donors (Lipinski definition) is 1. The van der Waals surface area contributed by atoms with Crippen molar-refractivity contribution in [1.82, 2.24) is 5.32 Å². The molecular weight excluding hydrogens is 224 g/mol. The van der Waals surface area contributed by atoms with Crippen molar-refractivity contribution in [1.29, 1.82) is 5.26 Å². The Morgan fingerprint density at radius 2 is 2.00 bits per heavy atom. The first kappa shape index (κ1) is 14.2. The van der Waals surface area contributed by atoms with E-state index >= 15 is 0 Å². The van der Waals surface area contributed by atoms with Crippen LogP contribution in [0.3, 0.4) is 0 Å². The molecule has 1 rings (SSSR count). The summed E-state index contributed by atoms with van der Waals surface area (Å²) < 4.78 is 0. The Labute approximate surface area is 109 Å². The third-order valence-electron chi connectivity index (χ3n) is 3.00. The standard InChI is InChI=1S/C15H20N2O/c1-3-7-13(10-16)15(18)17-11-14-9-6-5-8-12(14)4-2/h5-6,8-9,13H,3-4,7,11H2,1-2H3,(H,17,18). The maximum Gasteiger partial charge on any atom is 0.237 e. The lowest BCUT2D eigenvalue weighted by atomic mass is 10.0. The zero-order valence-corrected chi connectivity index (χ0v) is 11.1. The molecule has 0 spiro atoms. The van der Waals surface area contributed by atoms with Gasteiger partial charge in [0.2, 0.25) is 5.91 Å². The van der Waals surface area contributed by atoms with E-state index in [4.69, 9.17) is 5.26 Å². The molecule has 0 aliphatic carbocycles. The zero-order chi connectivity index (χ0) is 13.4. The van der Waals surface area contributed by atoms with Crippen LogP contribution in [0.2, 0.25) is 0 Å². The van der Waals surface area contributed by atoms with E-state index < -0.39 is 5.92 Å². The number of carbonyl (C=O) groups is 1. The van der Waals surface area contributed by atoms with E-state index in [-0.39, 0.29) is 5.91 Å². The smallest absolute Gasteiger partial charge is 0.237 e. The third-order valence-corrected chi connectivity index (χ3v) is 3.00. The molecule has 0 aliphatic rings. The van der Waals surface area contributed by atoms with Gasteiger partial charge in [0.05, 0.1) is 6.07 Å². The Morgan fingerprint density at radius 1 is 1.33 bits per heavy atom. The molecule has 1 N–H and O–H groups in total. The molecule has 0 fully saturated rings. The average molecular weight is 244 g/mol. The minimum atomic E-state index is -0.524. The molecule has 0 saturated carbocycles. The van der Waals surface area contributed by atoms with Gasteiger partial charge in [-0.3, -0.25) is 4.79 Å². The number of amides is 1. The Morgan fingerprint density at radius 3 is 2.56 bits per heavy atom. The summed E-state index contributed by atoms with van der Waals surface area (Å²) in [5.41, 5.74) is 2.36. The summed E-state index contributed by atoms with van der Waals surface area (Å²) in [5.74, 6) is -0.686. The molecule has 1 aromatic carbocycles. The number of hydrogen-bond acceptors (Lipinski definition) is 2. The van der Waals surface area contributed by atoms with Crippen LogP contribution in [0.4, 0.5) is 0 Å². The quantitative estimate of drug-likeness (QED) is 0.836. The first-order chi connectivity index (χ1) is 8.72. The molecule has 96 valence electrons. The van der Waals surface area contributed by atoms with Gasteiger partial charge in [0.1, 0.15) is 5.92 Å². The van der Waals surface area contributed by atoms with Gasteiger partial charge in [0.25, 0.3) is 0 Å².